The lowest BCUT2D eigenvalue weighted by Gasteiger charge is -2.21. The Labute approximate surface area is 181 Å². The van der Waals surface area contributed by atoms with Gasteiger partial charge in [-0.2, -0.15) is 0 Å². The van der Waals surface area contributed by atoms with Crippen molar-refractivity contribution in [2.45, 2.75) is 58.3 Å². The number of ether oxygens (including phenoxy) is 1. The number of hydrogen-bond acceptors (Lipinski definition) is 4. The van der Waals surface area contributed by atoms with E-state index >= 15 is 0 Å². The fourth-order valence-electron chi connectivity index (χ4n) is 5.44. The van der Waals surface area contributed by atoms with Crippen molar-refractivity contribution >= 4 is 32.5 Å². The van der Waals surface area contributed by atoms with E-state index in [0.717, 1.165) is 36.2 Å². The third-order valence-corrected chi connectivity index (χ3v) is 8.18. The van der Waals surface area contributed by atoms with Crippen molar-refractivity contribution in [3.8, 4) is 16.9 Å². The number of hydrogen-bond donors (Lipinski definition) is 0. The SMILES string of the molecule is CCc1c(C)cc2nc(C3CCCC3)sc2c1-c1ccc2c3c(ccnc13)CCO2. The lowest BCUT2D eigenvalue weighted by molar-refractivity contribution is 0.318. The smallest absolute Gasteiger partial charge is 0.129 e. The molecule has 4 heteroatoms. The normalized spacial score (nSPS) is 16.5. The monoisotopic (exact) mass is 414 g/mol. The van der Waals surface area contributed by atoms with Gasteiger partial charge in [0.15, 0.2) is 0 Å². The molecular weight excluding hydrogens is 388 g/mol. The number of thiazole rings is 1. The zero-order valence-electron chi connectivity index (χ0n) is 17.6. The van der Waals surface area contributed by atoms with Crippen LogP contribution in [0.25, 0.3) is 32.2 Å². The number of benzene rings is 2. The van der Waals surface area contributed by atoms with E-state index < -0.39 is 0 Å². The predicted octanol–water partition coefficient (Wildman–Crippen LogP) is 6.97. The summed E-state index contributed by atoms with van der Waals surface area (Å²) in [6.07, 6.45) is 9.17. The van der Waals surface area contributed by atoms with Gasteiger partial charge < -0.3 is 4.74 Å². The van der Waals surface area contributed by atoms with E-state index in [1.807, 2.05) is 17.5 Å². The van der Waals surface area contributed by atoms with E-state index in [1.54, 1.807) is 0 Å². The topological polar surface area (TPSA) is 35.0 Å². The van der Waals surface area contributed by atoms with E-state index in [9.17, 15) is 0 Å². The average molecular weight is 415 g/mol. The van der Waals surface area contributed by atoms with Crippen LogP contribution in [0.1, 0.15) is 60.2 Å². The Morgan fingerprint density at radius 3 is 2.87 bits per heavy atom. The van der Waals surface area contributed by atoms with Gasteiger partial charge in [-0.15, -0.1) is 11.3 Å². The van der Waals surface area contributed by atoms with Gasteiger partial charge in [-0.05, 0) is 67.1 Å². The Bertz CT molecular complexity index is 1270. The lowest BCUT2D eigenvalue weighted by atomic mass is 9.90. The number of aromatic nitrogens is 2. The quantitative estimate of drug-likeness (QED) is 0.363. The Kier molecular flexibility index (Phi) is 4.31. The summed E-state index contributed by atoms with van der Waals surface area (Å²) in [6.45, 7) is 5.25. The van der Waals surface area contributed by atoms with Gasteiger partial charge in [0.2, 0.25) is 0 Å². The molecule has 30 heavy (non-hydrogen) atoms. The molecule has 4 aromatic rings. The van der Waals surface area contributed by atoms with Crippen LogP contribution in [0.4, 0.5) is 0 Å². The van der Waals surface area contributed by atoms with Gasteiger partial charge in [-0.3, -0.25) is 4.98 Å². The van der Waals surface area contributed by atoms with Crippen molar-refractivity contribution in [2.24, 2.45) is 0 Å². The van der Waals surface area contributed by atoms with Gasteiger partial charge in [-0.25, -0.2) is 4.98 Å². The van der Waals surface area contributed by atoms with Crippen LogP contribution in [0.3, 0.4) is 0 Å². The van der Waals surface area contributed by atoms with Crippen LogP contribution in [-0.2, 0) is 12.8 Å². The van der Waals surface area contributed by atoms with Crippen molar-refractivity contribution in [3.05, 3.63) is 52.2 Å². The molecule has 0 spiro atoms. The maximum absolute atomic E-state index is 5.98. The molecule has 0 saturated heterocycles. The molecule has 0 amide bonds. The average Bonchev–Trinajstić information content (AvgIpc) is 3.43. The van der Waals surface area contributed by atoms with E-state index in [2.05, 4.69) is 38.1 Å². The fourth-order valence-corrected chi connectivity index (χ4v) is 6.74. The molecule has 3 heterocycles. The van der Waals surface area contributed by atoms with Gasteiger partial charge in [-0.1, -0.05) is 19.8 Å². The summed E-state index contributed by atoms with van der Waals surface area (Å²) >= 11 is 1.92. The van der Waals surface area contributed by atoms with Crippen LogP contribution in [-0.4, -0.2) is 16.6 Å². The van der Waals surface area contributed by atoms with E-state index in [4.69, 9.17) is 14.7 Å². The minimum absolute atomic E-state index is 0.642. The molecule has 1 fully saturated rings. The summed E-state index contributed by atoms with van der Waals surface area (Å²) in [5.41, 5.74) is 8.90. The van der Waals surface area contributed by atoms with Gasteiger partial charge in [0.05, 0.1) is 27.3 Å². The molecular formula is C26H26N2OS. The van der Waals surface area contributed by atoms with Gasteiger partial charge in [0, 0.05) is 35.0 Å². The molecule has 2 aromatic heterocycles. The first-order valence-electron chi connectivity index (χ1n) is 11.2. The second kappa shape index (κ2) is 7.05. The molecule has 152 valence electrons. The molecule has 6 rings (SSSR count). The molecule has 0 bridgehead atoms. The van der Waals surface area contributed by atoms with Crippen LogP contribution in [0.5, 0.6) is 5.75 Å². The summed E-state index contributed by atoms with van der Waals surface area (Å²) in [4.78, 5) is 9.99. The molecule has 1 aliphatic heterocycles. The van der Waals surface area contributed by atoms with E-state index in [1.165, 1.54) is 68.6 Å². The Morgan fingerprint density at radius 2 is 2.03 bits per heavy atom. The zero-order chi connectivity index (χ0) is 20.2. The van der Waals surface area contributed by atoms with Gasteiger partial charge in [0.1, 0.15) is 5.75 Å². The van der Waals surface area contributed by atoms with Crippen molar-refractivity contribution < 1.29 is 4.74 Å². The maximum atomic E-state index is 5.98. The van der Waals surface area contributed by atoms with Gasteiger partial charge >= 0.3 is 0 Å². The van der Waals surface area contributed by atoms with E-state index in [-0.39, 0.29) is 0 Å². The number of pyridine rings is 1. The highest BCUT2D eigenvalue weighted by molar-refractivity contribution is 7.19. The lowest BCUT2D eigenvalue weighted by Crippen LogP contribution is -2.09. The van der Waals surface area contributed by atoms with Crippen LogP contribution in [0.2, 0.25) is 0 Å². The Balaban J connectivity index is 1.67. The number of nitrogens with zero attached hydrogens (tertiary/aromatic N) is 2. The predicted molar refractivity (Wildman–Crippen MR) is 125 cm³/mol. The number of aryl methyl sites for hydroxylation is 1. The minimum atomic E-state index is 0.642. The van der Waals surface area contributed by atoms with Crippen LogP contribution in [0.15, 0.2) is 30.5 Å². The molecule has 0 radical (unpaired) electrons. The first-order chi connectivity index (χ1) is 14.7. The Morgan fingerprint density at radius 1 is 1.17 bits per heavy atom. The first-order valence-corrected chi connectivity index (χ1v) is 12.0. The zero-order valence-corrected chi connectivity index (χ0v) is 18.4. The van der Waals surface area contributed by atoms with Crippen LogP contribution < -0.4 is 4.74 Å². The second-order valence-electron chi connectivity index (χ2n) is 8.69. The summed E-state index contributed by atoms with van der Waals surface area (Å²) in [5, 5.41) is 2.52. The highest BCUT2D eigenvalue weighted by Gasteiger charge is 2.25. The fraction of sp³-hybridized carbons (Fsp3) is 0.385. The third kappa shape index (κ3) is 2.70. The summed E-state index contributed by atoms with van der Waals surface area (Å²) < 4.78 is 7.31. The van der Waals surface area contributed by atoms with Crippen molar-refractivity contribution in [1.82, 2.24) is 9.97 Å². The molecule has 0 unspecified atom stereocenters. The molecule has 1 aliphatic carbocycles. The summed E-state index contributed by atoms with van der Waals surface area (Å²) in [7, 11) is 0. The molecule has 0 N–H and O–H groups in total. The molecule has 0 atom stereocenters. The maximum Gasteiger partial charge on any atom is 0.129 e. The van der Waals surface area contributed by atoms with Crippen molar-refractivity contribution in [1.29, 1.82) is 0 Å². The van der Waals surface area contributed by atoms with E-state index in [0.29, 0.717) is 5.92 Å². The Hall–Kier alpha value is -2.46. The van der Waals surface area contributed by atoms with Crippen LogP contribution >= 0.6 is 11.3 Å². The summed E-state index contributed by atoms with van der Waals surface area (Å²) in [5.74, 6) is 1.62. The summed E-state index contributed by atoms with van der Waals surface area (Å²) in [6, 6.07) is 8.82. The van der Waals surface area contributed by atoms with Gasteiger partial charge in [0.25, 0.3) is 0 Å². The highest BCUT2D eigenvalue weighted by atomic mass is 32.1. The first kappa shape index (κ1) is 18.3. The number of rotatable bonds is 3. The standard InChI is InChI=1S/C26H26N2OS/c1-3-18-15(2)14-20-25(30-26(28-20)17-6-4-5-7-17)23(18)19-8-9-21-22-16(11-13-29-21)10-12-27-24(19)22/h8-10,12,14,17H,3-7,11,13H2,1-2H3. The van der Waals surface area contributed by atoms with Crippen molar-refractivity contribution in [3.63, 3.8) is 0 Å². The largest absolute Gasteiger partial charge is 0.493 e. The van der Waals surface area contributed by atoms with Crippen molar-refractivity contribution in [2.75, 3.05) is 6.61 Å². The number of fused-ring (bicyclic) bond motifs is 1. The molecule has 3 nitrogen and oxygen atoms in total. The minimum Gasteiger partial charge on any atom is -0.493 e. The molecule has 2 aliphatic rings. The molecule has 2 aromatic carbocycles. The second-order valence-corrected chi connectivity index (χ2v) is 9.72. The third-order valence-electron chi connectivity index (χ3n) is 6.92. The molecule has 1 saturated carbocycles. The highest BCUT2D eigenvalue weighted by Crippen LogP contribution is 2.46. The van der Waals surface area contributed by atoms with Crippen LogP contribution in [0, 0.1) is 6.92 Å².